The van der Waals surface area contributed by atoms with Crippen LogP contribution in [0.15, 0.2) is 46.8 Å². The molecule has 1 aromatic heterocycles. The number of likely N-dealkylation sites (N-methyl/N-ethyl adjacent to an activating group) is 1. The molecule has 1 aromatic carbocycles. The normalized spacial score (nSPS) is 13.1. The molecule has 2 rings (SSSR count). The zero-order valence-corrected chi connectivity index (χ0v) is 15.3. The molecule has 0 aliphatic carbocycles. The smallest absolute Gasteiger partial charge is 0.188 e. The van der Waals surface area contributed by atoms with E-state index in [4.69, 9.17) is 10.5 Å². The molecule has 0 fully saturated rings. The van der Waals surface area contributed by atoms with Gasteiger partial charge in [-0.05, 0) is 38.0 Å². The number of guanidine groups is 1. The van der Waals surface area contributed by atoms with Gasteiger partial charge in [0.1, 0.15) is 5.75 Å². The summed E-state index contributed by atoms with van der Waals surface area (Å²) < 4.78 is 5.47. The molecule has 3 N–H and O–H groups in total. The van der Waals surface area contributed by atoms with Gasteiger partial charge in [-0.3, -0.25) is 4.99 Å². The Bertz CT molecular complexity index is 640. The Morgan fingerprint density at radius 1 is 1.29 bits per heavy atom. The molecule has 1 atom stereocenters. The van der Waals surface area contributed by atoms with Gasteiger partial charge in [0, 0.05) is 17.0 Å². The Hall–Kier alpha value is -2.05. The highest BCUT2D eigenvalue weighted by Gasteiger charge is 2.17. The lowest BCUT2D eigenvalue weighted by molar-refractivity contribution is 0.295. The molecule has 0 aliphatic rings. The lowest BCUT2D eigenvalue weighted by Crippen LogP contribution is -2.34. The number of ether oxygens (including phenoxy) is 1. The molecule has 24 heavy (non-hydrogen) atoms. The van der Waals surface area contributed by atoms with Gasteiger partial charge in [0.15, 0.2) is 5.96 Å². The van der Waals surface area contributed by atoms with Crippen molar-refractivity contribution in [2.24, 2.45) is 10.7 Å². The van der Waals surface area contributed by atoms with E-state index in [9.17, 15) is 0 Å². The lowest BCUT2D eigenvalue weighted by Gasteiger charge is -2.25. The van der Waals surface area contributed by atoms with Crippen molar-refractivity contribution in [3.8, 4) is 5.75 Å². The van der Waals surface area contributed by atoms with Crippen LogP contribution in [-0.4, -0.2) is 45.2 Å². The van der Waals surface area contributed by atoms with Gasteiger partial charge in [-0.15, -0.1) is 11.3 Å². The fourth-order valence-corrected chi connectivity index (χ4v) is 3.20. The van der Waals surface area contributed by atoms with Gasteiger partial charge in [-0.1, -0.05) is 24.3 Å². The van der Waals surface area contributed by atoms with Crippen molar-refractivity contribution in [1.29, 1.82) is 0 Å². The van der Waals surface area contributed by atoms with Crippen molar-refractivity contribution >= 4 is 17.3 Å². The molecule has 1 unspecified atom stereocenters. The second-order valence-corrected chi connectivity index (χ2v) is 6.74. The van der Waals surface area contributed by atoms with E-state index in [0.29, 0.717) is 12.5 Å². The summed E-state index contributed by atoms with van der Waals surface area (Å²) in [6, 6.07) is 12.3. The molecule has 0 saturated heterocycles. The molecule has 5 nitrogen and oxygen atoms in total. The maximum Gasteiger partial charge on any atom is 0.188 e. The van der Waals surface area contributed by atoms with Crippen LogP contribution in [0.1, 0.15) is 16.5 Å². The highest BCUT2D eigenvalue weighted by atomic mass is 32.1. The first-order chi connectivity index (χ1) is 11.6. The third-order valence-corrected chi connectivity index (χ3v) is 4.75. The van der Waals surface area contributed by atoms with Crippen molar-refractivity contribution in [2.45, 2.75) is 12.5 Å². The predicted molar refractivity (Wildman–Crippen MR) is 102 cm³/mol. The van der Waals surface area contributed by atoms with E-state index in [1.165, 1.54) is 4.88 Å². The SMILES string of the molecule is COc1ccccc1C(CN=C(N)NCCc1cccs1)N(C)C. The van der Waals surface area contributed by atoms with Crippen molar-refractivity contribution in [3.63, 3.8) is 0 Å². The third-order valence-electron chi connectivity index (χ3n) is 3.81. The summed E-state index contributed by atoms with van der Waals surface area (Å²) >= 11 is 1.76. The summed E-state index contributed by atoms with van der Waals surface area (Å²) in [6.07, 6.45) is 0.956. The molecule has 0 amide bonds. The average molecular weight is 346 g/mol. The Balaban J connectivity index is 1.94. The van der Waals surface area contributed by atoms with E-state index in [1.54, 1.807) is 18.4 Å². The second-order valence-electron chi connectivity index (χ2n) is 5.70. The minimum atomic E-state index is 0.110. The van der Waals surface area contributed by atoms with Crippen LogP contribution in [-0.2, 0) is 6.42 Å². The molecular formula is C18H26N4OS. The Kier molecular flexibility index (Phi) is 7.08. The number of thiophene rings is 1. The first kappa shape index (κ1) is 18.3. The van der Waals surface area contributed by atoms with Crippen molar-refractivity contribution < 1.29 is 4.74 Å². The van der Waals surface area contributed by atoms with Gasteiger partial charge < -0.3 is 20.7 Å². The molecule has 0 spiro atoms. The van der Waals surface area contributed by atoms with Crippen LogP contribution in [0, 0.1) is 0 Å². The summed E-state index contributed by atoms with van der Waals surface area (Å²) in [7, 11) is 5.76. The zero-order valence-electron chi connectivity index (χ0n) is 14.5. The van der Waals surface area contributed by atoms with E-state index < -0.39 is 0 Å². The fourth-order valence-electron chi connectivity index (χ4n) is 2.49. The molecule has 0 bridgehead atoms. The zero-order chi connectivity index (χ0) is 17.4. The number of benzene rings is 1. The van der Waals surface area contributed by atoms with E-state index >= 15 is 0 Å². The second kappa shape index (κ2) is 9.30. The fraction of sp³-hybridized carbons (Fsp3) is 0.389. The van der Waals surface area contributed by atoms with Crippen molar-refractivity contribution in [2.75, 3.05) is 34.3 Å². The summed E-state index contributed by atoms with van der Waals surface area (Å²) in [5, 5.41) is 5.26. The van der Waals surface area contributed by atoms with E-state index in [-0.39, 0.29) is 6.04 Å². The average Bonchev–Trinajstić information content (AvgIpc) is 3.08. The monoisotopic (exact) mass is 346 g/mol. The van der Waals surface area contributed by atoms with Crippen LogP contribution in [0.3, 0.4) is 0 Å². The van der Waals surface area contributed by atoms with Crippen molar-refractivity contribution in [3.05, 3.63) is 52.2 Å². The minimum Gasteiger partial charge on any atom is -0.496 e. The van der Waals surface area contributed by atoms with Gasteiger partial charge in [-0.25, -0.2) is 0 Å². The van der Waals surface area contributed by atoms with Gasteiger partial charge in [0.05, 0.1) is 19.7 Å². The summed E-state index contributed by atoms with van der Waals surface area (Å²) in [6.45, 7) is 1.36. The largest absolute Gasteiger partial charge is 0.496 e. The molecule has 2 aromatic rings. The molecule has 1 heterocycles. The Morgan fingerprint density at radius 3 is 2.75 bits per heavy atom. The lowest BCUT2D eigenvalue weighted by atomic mass is 10.0. The first-order valence-corrected chi connectivity index (χ1v) is 8.85. The number of aliphatic imine (C=N–C) groups is 1. The van der Waals surface area contributed by atoms with E-state index in [2.05, 4.69) is 38.8 Å². The third kappa shape index (κ3) is 5.25. The molecule has 6 heteroatoms. The Labute approximate surface area is 148 Å². The number of para-hydroxylation sites is 1. The van der Waals surface area contributed by atoms with E-state index in [1.807, 2.05) is 32.3 Å². The molecule has 0 radical (unpaired) electrons. The Morgan fingerprint density at radius 2 is 2.08 bits per heavy atom. The maximum atomic E-state index is 6.00. The standard InChI is InChI=1S/C18H26N4OS/c1-22(2)16(15-8-4-5-9-17(15)23-3)13-21-18(19)20-11-10-14-7-6-12-24-14/h4-9,12,16H,10-11,13H2,1-3H3,(H3,19,20,21). The molecule has 130 valence electrons. The number of nitrogens with two attached hydrogens (primary N) is 1. The molecule has 0 aliphatic heterocycles. The quantitative estimate of drug-likeness (QED) is 0.569. The number of hydrogen-bond acceptors (Lipinski definition) is 4. The highest BCUT2D eigenvalue weighted by molar-refractivity contribution is 7.09. The van der Waals surface area contributed by atoms with Crippen LogP contribution in [0.25, 0.3) is 0 Å². The summed E-state index contributed by atoms with van der Waals surface area (Å²) in [5.74, 6) is 1.35. The highest BCUT2D eigenvalue weighted by Crippen LogP contribution is 2.27. The van der Waals surface area contributed by atoms with Crippen LogP contribution in [0.5, 0.6) is 5.75 Å². The predicted octanol–water partition coefficient (Wildman–Crippen LogP) is 2.51. The van der Waals surface area contributed by atoms with Gasteiger partial charge in [0.25, 0.3) is 0 Å². The van der Waals surface area contributed by atoms with Gasteiger partial charge >= 0.3 is 0 Å². The van der Waals surface area contributed by atoms with Gasteiger partial charge in [-0.2, -0.15) is 0 Å². The van der Waals surface area contributed by atoms with Crippen LogP contribution < -0.4 is 15.8 Å². The molecule has 0 saturated carbocycles. The number of hydrogen-bond donors (Lipinski definition) is 2. The van der Waals surface area contributed by atoms with Crippen LogP contribution in [0.2, 0.25) is 0 Å². The van der Waals surface area contributed by atoms with Crippen LogP contribution >= 0.6 is 11.3 Å². The molecular weight excluding hydrogens is 320 g/mol. The minimum absolute atomic E-state index is 0.110. The summed E-state index contributed by atoms with van der Waals surface area (Å²) in [4.78, 5) is 7.97. The van der Waals surface area contributed by atoms with Gasteiger partial charge in [0.2, 0.25) is 0 Å². The number of rotatable bonds is 8. The number of nitrogens with zero attached hydrogens (tertiary/aromatic N) is 2. The topological polar surface area (TPSA) is 62.9 Å². The van der Waals surface area contributed by atoms with E-state index in [0.717, 1.165) is 24.3 Å². The number of nitrogens with one attached hydrogen (secondary N) is 1. The number of methoxy groups -OCH3 is 1. The maximum absolute atomic E-state index is 6.00. The first-order valence-electron chi connectivity index (χ1n) is 7.97. The van der Waals surface area contributed by atoms with Crippen molar-refractivity contribution in [1.82, 2.24) is 10.2 Å². The van der Waals surface area contributed by atoms with Crippen LogP contribution in [0.4, 0.5) is 0 Å². The summed E-state index contributed by atoms with van der Waals surface area (Å²) in [5.41, 5.74) is 7.11.